The normalized spacial score (nSPS) is 12.4. The highest BCUT2D eigenvalue weighted by molar-refractivity contribution is 7.86. The van der Waals surface area contributed by atoms with E-state index in [0.29, 0.717) is 107 Å². The topological polar surface area (TPSA) is 240 Å². The minimum atomic E-state index is -4.41. The van der Waals surface area contributed by atoms with Gasteiger partial charge in [0.2, 0.25) is 0 Å². The van der Waals surface area contributed by atoms with Gasteiger partial charge in [0, 0.05) is 47.8 Å². The number of fused-ring (bicyclic) bond motifs is 1. The Hall–Kier alpha value is -6.22. The molecule has 0 aliphatic heterocycles. The Morgan fingerprint density at radius 2 is 1.38 bits per heavy atom. The van der Waals surface area contributed by atoms with Crippen LogP contribution < -0.4 is 25.0 Å². The van der Waals surface area contributed by atoms with Crippen LogP contribution in [-0.2, 0) is 53.1 Å². The van der Waals surface area contributed by atoms with Crippen molar-refractivity contribution in [1.29, 1.82) is 0 Å². The molecule has 1 aliphatic rings. The Labute approximate surface area is 396 Å². The highest BCUT2D eigenvalue weighted by atomic mass is 32.2. The van der Waals surface area contributed by atoms with Gasteiger partial charge < -0.3 is 43.6 Å². The van der Waals surface area contributed by atoms with E-state index in [1.807, 2.05) is 30.3 Å². The first-order valence-electron chi connectivity index (χ1n) is 22.5. The number of aromatic nitrogens is 1. The van der Waals surface area contributed by atoms with Crippen LogP contribution in [0.5, 0.6) is 17.2 Å². The number of nitrogens with zero attached hydrogens (tertiary/aromatic N) is 2. The summed E-state index contributed by atoms with van der Waals surface area (Å²) in [4.78, 5) is 40.2. The van der Waals surface area contributed by atoms with Gasteiger partial charge in [0.1, 0.15) is 34.6 Å². The van der Waals surface area contributed by atoms with E-state index in [1.165, 1.54) is 36.7 Å². The summed E-state index contributed by atoms with van der Waals surface area (Å²) in [7, 11) is -4.41. The molecule has 0 saturated heterocycles. The van der Waals surface area contributed by atoms with E-state index in [4.69, 9.17) is 33.2 Å². The van der Waals surface area contributed by atoms with E-state index in [0.717, 1.165) is 41.7 Å². The number of carboxylic acid groups (broad SMARTS) is 1. The lowest BCUT2D eigenvalue weighted by molar-refractivity contribution is -0.136. The number of Topliss-reactive ketones (excluding diaryl/α,β-unsaturated/α-hetero) is 1. The van der Waals surface area contributed by atoms with Crippen LogP contribution in [0.25, 0.3) is 0 Å². The number of ether oxygens (including phenoxy) is 7. The van der Waals surface area contributed by atoms with Crippen LogP contribution in [0.2, 0.25) is 0 Å². The number of benzene rings is 3. The van der Waals surface area contributed by atoms with Crippen molar-refractivity contribution in [3.8, 4) is 17.2 Å². The number of unbranched alkanes of at least 4 members (excludes halogenated alkanes) is 1. The molecule has 0 atom stereocenters. The summed E-state index contributed by atoms with van der Waals surface area (Å²) < 4.78 is 72.9. The molecule has 1 amide bonds. The van der Waals surface area contributed by atoms with Crippen LogP contribution in [0.4, 0.5) is 5.82 Å². The third-order valence-corrected chi connectivity index (χ3v) is 11.3. The number of hydrogen-bond donors (Lipinski definition) is 4. The maximum absolute atomic E-state index is 12.4. The van der Waals surface area contributed by atoms with Crippen molar-refractivity contribution in [2.75, 3.05) is 84.6 Å². The van der Waals surface area contributed by atoms with Gasteiger partial charge in [0.15, 0.2) is 5.78 Å². The molecule has 18 nitrogen and oxygen atoms in total. The van der Waals surface area contributed by atoms with E-state index in [-0.39, 0.29) is 54.7 Å². The first-order chi connectivity index (χ1) is 33.0. The van der Waals surface area contributed by atoms with Crippen LogP contribution in [0.15, 0.2) is 95.6 Å². The van der Waals surface area contributed by atoms with Gasteiger partial charge in [-0.25, -0.2) is 4.98 Å². The van der Waals surface area contributed by atoms with Crippen LogP contribution in [0, 0.1) is 0 Å². The standard InChI is InChI=1S/C49H60N4O14S/c1-2-9-40-38-11-7-12-42(54)39(38)17-19-45(40)66-24-6-5-23-65-43-13-8-14-44(41(43)18-21-48(55)56)67-33-32-64-31-30-63-29-28-62-27-26-61-25-22-50-49(57)37-16-20-47(51-34-37)53-52-35-36-10-3-4-15-46(36)68(58,59)60/h2-4,8,10,13-17,19-20,34-35H,1,5-7,9,11-12,18,21-33H2,(H,50,57)(H,51,53)(H,55,56)(H,58,59,60)/b52-35+. The molecule has 366 valence electrons. The van der Waals surface area contributed by atoms with Crippen LogP contribution >= 0.6 is 0 Å². The van der Waals surface area contributed by atoms with Crippen molar-refractivity contribution in [1.82, 2.24) is 10.3 Å². The number of ketones is 1. The second-order valence-corrected chi connectivity index (χ2v) is 16.6. The molecule has 5 rings (SSSR count). The first kappa shape index (κ1) is 52.7. The molecule has 4 aromatic rings. The Kier molecular flexibility index (Phi) is 22.4. The van der Waals surface area contributed by atoms with Crippen molar-refractivity contribution >= 4 is 39.8 Å². The number of hydrogen-bond acceptors (Lipinski definition) is 15. The fraction of sp³-hybridized carbons (Fsp3) is 0.408. The van der Waals surface area contributed by atoms with Gasteiger partial charge in [0.05, 0.1) is 77.8 Å². The third kappa shape index (κ3) is 17.8. The van der Waals surface area contributed by atoms with Crippen molar-refractivity contribution in [2.24, 2.45) is 5.10 Å². The second kappa shape index (κ2) is 28.8. The van der Waals surface area contributed by atoms with E-state index >= 15 is 0 Å². The largest absolute Gasteiger partial charge is 0.493 e. The van der Waals surface area contributed by atoms with E-state index in [9.17, 15) is 32.5 Å². The molecule has 4 N–H and O–H groups in total. The summed E-state index contributed by atoms with van der Waals surface area (Å²) >= 11 is 0. The number of carbonyl (C=O) groups is 3. The zero-order chi connectivity index (χ0) is 48.4. The molecule has 0 unspecified atom stereocenters. The van der Waals surface area contributed by atoms with E-state index in [2.05, 4.69) is 27.4 Å². The number of anilines is 1. The lowest BCUT2D eigenvalue weighted by atomic mass is 9.86. The molecule has 68 heavy (non-hydrogen) atoms. The highest BCUT2D eigenvalue weighted by Gasteiger charge is 2.22. The highest BCUT2D eigenvalue weighted by Crippen LogP contribution is 2.33. The minimum Gasteiger partial charge on any atom is -0.493 e. The monoisotopic (exact) mass is 960 g/mol. The molecule has 0 bridgehead atoms. The molecule has 19 heteroatoms. The number of nitrogens with one attached hydrogen (secondary N) is 2. The van der Waals surface area contributed by atoms with Gasteiger partial charge in [-0.3, -0.25) is 24.4 Å². The Balaban J connectivity index is 0.870. The molecule has 1 aliphatic carbocycles. The summed E-state index contributed by atoms with van der Waals surface area (Å²) in [5.74, 6) is 1.15. The van der Waals surface area contributed by atoms with Crippen molar-refractivity contribution in [2.45, 2.75) is 56.3 Å². The zero-order valence-electron chi connectivity index (χ0n) is 38.0. The van der Waals surface area contributed by atoms with Crippen LogP contribution in [0.3, 0.4) is 0 Å². The quantitative estimate of drug-likeness (QED) is 0.0138. The van der Waals surface area contributed by atoms with Gasteiger partial charge in [-0.1, -0.05) is 30.3 Å². The van der Waals surface area contributed by atoms with Gasteiger partial charge in [-0.15, -0.1) is 6.58 Å². The number of carboxylic acids is 1. The lowest BCUT2D eigenvalue weighted by Crippen LogP contribution is -2.27. The molecule has 3 aromatic carbocycles. The van der Waals surface area contributed by atoms with Gasteiger partial charge in [-0.2, -0.15) is 13.5 Å². The maximum atomic E-state index is 12.4. The van der Waals surface area contributed by atoms with E-state index < -0.39 is 16.1 Å². The van der Waals surface area contributed by atoms with Crippen molar-refractivity contribution in [3.63, 3.8) is 0 Å². The van der Waals surface area contributed by atoms with Gasteiger partial charge in [0.25, 0.3) is 16.0 Å². The second-order valence-electron chi connectivity index (χ2n) is 15.2. The molecule has 1 aromatic heterocycles. The molecular formula is C49H60N4O14S. The summed E-state index contributed by atoms with van der Waals surface area (Å²) in [6.45, 7) is 8.01. The predicted molar refractivity (Wildman–Crippen MR) is 253 cm³/mol. The number of aliphatic carboxylic acids is 1. The minimum absolute atomic E-state index is 0.0746. The SMILES string of the molecule is C=CCc1c(OCCCCOc2cccc(OCCOCCOCCOCCOCCNC(=O)c3ccc(N/N=C/c4ccccc4S(=O)(=O)O)nc3)c2CCC(=O)O)ccc2c1CCCC2=O. The average molecular weight is 961 g/mol. The molecule has 0 spiro atoms. The summed E-state index contributed by atoms with van der Waals surface area (Å²) in [6.07, 6.45) is 8.99. The van der Waals surface area contributed by atoms with E-state index in [1.54, 1.807) is 18.2 Å². The van der Waals surface area contributed by atoms with Crippen molar-refractivity contribution in [3.05, 3.63) is 119 Å². The Morgan fingerprint density at radius 3 is 2.01 bits per heavy atom. The Morgan fingerprint density at radius 1 is 0.750 bits per heavy atom. The van der Waals surface area contributed by atoms with Gasteiger partial charge >= 0.3 is 5.97 Å². The first-order valence-corrected chi connectivity index (χ1v) is 23.9. The van der Waals surface area contributed by atoms with Crippen LogP contribution in [0.1, 0.15) is 75.1 Å². The maximum Gasteiger partial charge on any atom is 0.303 e. The molecule has 1 heterocycles. The molecule has 0 saturated carbocycles. The number of allylic oxidation sites excluding steroid dienone is 1. The van der Waals surface area contributed by atoms with Gasteiger partial charge in [-0.05, 0) is 86.6 Å². The summed E-state index contributed by atoms with van der Waals surface area (Å²) in [5, 5.41) is 16.1. The summed E-state index contributed by atoms with van der Waals surface area (Å²) in [6, 6.07) is 18.1. The smallest absolute Gasteiger partial charge is 0.303 e. The fourth-order valence-corrected chi connectivity index (χ4v) is 7.71. The molecule has 0 radical (unpaired) electrons. The number of pyridine rings is 1. The third-order valence-electron chi connectivity index (χ3n) is 10.3. The molecule has 0 fully saturated rings. The number of hydrazone groups is 1. The lowest BCUT2D eigenvalue weighted by Gasteiger charge is -2.21. The summed E-state index contributed by atoms with van der Waals surface area (Å²) in [5.41, 5.74) is 6.75. The number of amides is 1. The fourth-order valence-electron chi connectivity index (χ4n) is 7.04. The predicted octanol–water partition coefficient (Wildman–Crippen LogP) is 6.15. The molecular weight excluding hydrogens is 901 g/mol. The number of rotatable bonds is 33. The van der Waals surface area contributed by atoms with Crippen LogP contribution in [-0.4, -0.2) is 126 Å². The average Bonchev–Trinajstić information content (AvgIpc) is 3.32. The Bertz CT molecular complexity index is 2400. The zero-order valence-corrected chi connectivity index (χ0v) is 38.8. The number of carbonyl (C=O) groups excluding carboxylic acids is 2. The van der Waals surface area contributed by atoms with Crippen molar-refractivity contribution < 1.29 is 65.6 Å².